The van der Waals surface area contributed by atoms with Crippen LogP contribution in [0.5, 0.6) is 0 Å². The van der Waals surface area contributed by atoms with Crippen LogP contribution in [0.3, 0.4) is 0 Å². The predicted octanol–water partition coefficient (Wildman–Crippen LogP) is 3.89. The Balaban J connectivity index is 1.30. The van der Waals surface area contributed by atoms with Crippen LogP contribution >= 0.6 is 0 Å². The number of aromatic nitrogens is 4. The van der Waals surface area contributed by atoms with Gasteiger partial charge in [-0.15, -0.1) is 0 Å². The lowest BCUT2D eigenvalue weighted by Crippen LogP contribution is -2.46. The number of hydrogen-bond donors (Lipinski definition) is 2. The van der Waals surface area contributed by atoms with E-state index in [9.17, 15) is 18.0 Å². The van der Waals surface area contributed by atoms with Crippen LogP contribution in [0.1, 0.15) is 63.8 Å². The molecule has 3 atom stereocenters. The molecule has 3 fully saturated rings. The summed E-state index contributed by atoms with van der Waals surface area (Å²) in [5.74, 6) is 1.37. The van der Waals surface area contributed by atoms with Gasteiger partial charge in [-0.2, -0.15) is 13.2 Å². The Morgan fingerprint density at radius 1 is 1.14 bits per heavy atom. The van der Waals surface area contributed by atoms with Crippen LogP contribution in [0.2, 0.25) is 0 Å². The summed E-state index contributed by atoms with van der Waals surface area (Å²) in [4.78, 5) is 37.1. The second-order valence-corrected chi connectivity index (χ2v) is 11.8. The van der Waals surface area contributed by atoms with Crippen LogP contribution in [-0.4, -0.2) is 87.9 Å². The number of ether oxygens (including phenoxy) is 2. The number of rotatable bonds is 5. The topological polar surface area (TPSA) is 133 Å². The second-order valence-electron chi connectivity index (χ2n) is 11.8. The molecule has 1 aliphatic carbocycles. The molecule has 2 saturated heterocycles. The highest BCUT2D eigenvalue weighted by Gasteiger charge is 2.56. The van der Waals surface area contributed by atoms with Crippen molar-refractivity contribution in [2.75, 3.05) is 41.8 Å². The number of anilines is 4. The number of nitrogens with zero attached hydrogens (tertiary/aromatic N) is 7. The number of amidine groups is 1. The van der Waals surface area contributed by atoms with Gasteiger partial charge < -0.3 is 24.6 Å². The fourth-order valence-corrected chi connectivity index (χ4v) is 6.94. The van der Waals surface area contributed by atoms with E-state index in [0.29, 0.717) is 61.2 Å². The van der Waals surface area contributed by atoms with Crippen molar-refractivity contribution in [2.24, 2.45) is 0 Å². The summed E-state index contributed by atoms with van der Waals surface area (Å²) in [5.41, 5.74) is 0.342. The number of fused-ring (bicyclic) bond motifs is 2. The molecule has 0 aromatic carbocycles. The lowest BCUT2D eigenvalue weighted by molar-refractivity contribution is -0.169. The number of morpholine rings is 1. The molecule has 12 nitrogen and oxygen atoms in total. The minimum Gasteiger partial charge on any atom is -0.457 e. The molecule has 1 spiro atoms. The van der Waals surface area contributed by atoms with Crippen LogP contribution in [0.15, 0.2) is 12.4 Å². The number of likely N-dealkylation sites (tertiary alicyclic amines) is 1. The number of amides is 1. The molecule has 0 bridgehead atoms. The number of carbonyl (C=O) groups excluding carboxylic acids is 1. The third-order valence-corrected chi connectivity index (χ3v) is 8.75. The first-order chi connectivity index (χ1) is 20.5. The van der Waals surface area contributed by atoms with Gasteiger partial charge >= 0.3 is 6.18 Å². The normalized spacial score (nSPS) is 25.0. The first kappa shape index (κ1) is 29.3. The van der Waals surface area contributed by atoms with Crippen LogP contribution < -0.4 is 15.1 Å². The van der Waals surface area contributed by atoms with Crippen molar-refractivity contribution in [1.82, 2.24) is 24.8 Å². The largest absolute Gasteiger partial charge is 0.457 e. The number of halogens is 3. The Morgan fingerprint density at radius 3 is 2.44 bits per heavy atom. The van der Waals surface area contributed by atoms with Crippen LogP contribution in [0.4, 0.5) is 36.4 Å². The van der Waals surface area contributed by atoms with E-state index >= 15 is 0 Å². The van der Waals surface area contributed by atoms with E-state index in [2.05, 4.69) is 25.2 Å². The van der Waals surface area contributed by atoms with Crippen molar-refractivity contribution >= 4 is 35.2 Å². The summed E-state index contributed by atoms with van der Waals surface area (Å²) in [5, 5.41) is 11.3. The van der Waals surface area contributed by atoms with Gasteiger partial charge in [0.05, 0.1) is 41.3 Å². The Bertz CT molecular complexity index is 1370. The molecule has 5 heterocycles. The van der Waals surface area contributed by atoms with E-state index in [1.54, 1.807) is 19.4 Å². The first-order valence-corrected chi connectivity index (χ1v) is 14.7. The first-order valence-electron chi connectivity index (χ1n) is 14.7. The molecular formula is C28H36F3N9O3. The highest BCUT2D eigenvalue weighted by molar-refractivity contribution is 6.13. The van der Waals surface area contributed by atoms with Gasteiger partial charge in [0.1, 0.15) is 17.7 Å². The van der Waals surface area contributed by atoms with Crippen molar-refractivity contribution in [3.8, 4) is 0 Å². The molecule has 1 amide bonds. The van der Waals surface area contributed by atoms with E-state index in [1.807, 2.05) is 13.8 Å². The Labute approximate surface area is 247 Å². The maximum atomic E-state index is 14.2. The molecule has 43 heavy (non-hydrogen) atoms. The van der Waals surface area contributed by atoms with E-state index < -0.39 is 23.7 Å². The van der Waals surface area contributed by atoms with Crippen LogP contribution in [0.25, 0.3) is 0 Å². The number of hydrogen-bond acceptors (Lipinski definition) is 10. The van der Waals surface area contributed by atoms with E-state index in [0.717, 1.165) is 17.7 Å². The quantitative estimate of drug-likeness (QED) is 0.383. The van der Waals surface area contributed by atoms with Crippen LogP contribution in [0, 0.1) is 5.41 Å². The molecule has 232 valence electrons. The lowest BCUT2D eigenvalue weighted by Gasteiger charge is -2.35. The Hall–Kier alpha value is -3.75. The fourth-order valence-electron chi connectivity index (χ4n) is 6.94. The predicted molar refractivity (Wildman–Crippen MR) is 151 cm³/mol. The molecule has 4 aliphatic rings. The van der Waals surface area contributed by atoms with Gasteiger partial charge in [0.15, 0.2) is 12.4 Å². The highest BCUT2D eigenvalue weighted by Crippen LogP contribution is 2.54. The third-order valence-electron chi connectivity index (χ3n) is 8.75. The van der Waals surface area contributed by atoms with Gasteiger partial charge in [0, 0.05) is 26.7 Å². The fraction of sp³-hybridized carbons (Fsp3) is 0.643. The van der Waals surface area contributed by atoms with E-state index in [1.165, 1.54) is 4.90 Å². The summed E-state index contributed by atoms with van der Waals surface area (Å²) >= 11 is 0. The molecule has 2 aromatic rings. The molecule has 1 saturated carbocycles. The zero-order chi connectivity index (χ0) is 30.5. The minimum atomic E-state index is -4.46. The maximum Gasteiger partial charge on any atom is 0.408 e. The zero-order valence-corrected chi connectivity index (χ0v) is 24.4. The smallest absolute Gasteiger partial charge is 0.408 e. The maximum absolute atomic E-state index is 14.2. The zero-order valence-electron chi connectivity index (χ0n) is 24.4. The molecule has 2 aromatic heterocycles. The van der Waals surface area contributed by atoms with Crippen molar-refractivity contribution in [1.29, 1.82) is 5.41 Å². The van der Waals surface area contributed by atoms with Gasteiger partial charge in [-0.25, -0.2) is 19.9 Å². The van der Waals surface area contributed by atoms with Crippen molar-refractivity contribution < 1.29 is 27.4 Å². The third kappa shape index (κ3) is 5.21. The van der Waals surface area contributed by atoms with Crippen molar-refractivity contribution in [3.63, 3.8) is 0 Å². The summed E-state index contributed by atoms with van der Waals surface area (Å²) < 4.78 is 51.7. The average Bonchev–Trinajstić information content (AvgIpc) is 3.71. The van der Waals surface area contributed by atoms with Gasteiger partial charge in [0.25, 0.3) is 6.02 Å². The average molecular weight is 604 g/mol. The molecule has 0 radical (unpaired) electrons. The molecular weight excluding hydrogens is 567 g/mol. The van der Waals surface area contributed by atoms with E-state index in [4.69, 9.17) is 19.9 Å². The van der Waals surface area contributed by atoms with Crippen molar-refractivity contribution in [3.05, 3.63) is 23.8 Å². The SMILES string of the molecule is CNc1nc(COC(=N)N2CCC[C@@H]2C(F)(F)F)nc2c1C1(CCCC1)C(=O)N2c1cnc(N2C[C@@H](C)O[C@@H](C)C2)nc1. The van der Waals surface area contributed by atoms with Gasteiger partial charge in [-0.3, -0.25) is 15.1 Å². The molecule has 0 unspecified atom stereocenters. The number of carbonyl (C=O) groups is 1. The number of alkyl halides is 3. The summed E-state index contributed by atoms with van der Waals surface area (Å²) in [6, 6.07) is -2.33. The second kappa shape index (κ2) is 11.1. The lowest BCUT2D eigenvalue weighted by atomic mass is 9.80. The van der Waals surface area contributed by atoms with Crippen molar-refractivity contribution in [2.45, 2.75) is 88.8 Å². The van der Waals surface area contributed by atoms with Gasteiger partial charge in [-0.05, 0) is 39.5 Å². The van der Waals surface area contributed by atoms with Gasteiger partial charge in [-0.1, -0.05) is 12.8 Å². The van der Waals surface area contributed by atoms with Gasteiger partial charge in [0.2, 0.25) is 11.9 Å². The molecule has 6 rings (SSSR count). The molecule has 3 aliphatic heterocycles. The summed E-state index contributed by atoms with van der Waals surface area (Å²) in [6.07, 6.45) is 2.11. The summed E-state index contributed by atoms with van der Waals surface area (Å²) in [6.45, 7) is 5.05. The Morgan fingerprint density at radius 2 is 1.81 bits per heavy atom. The minimum absolute atomic E-state index is 0.0323. The number of nitrogens with one attached hydrogen (secondary N) is 2. The summed E-state index contributed by atoms with van der Waals surface area (Å²) in [7, 11) is 1.70. The van der Waals surface area contributed by atoms with E-state index in [-0.39, 0.29) is 43.5 Å². The van der Waals surface area contributed by atoms with Crippen LogP contribution in [-0.2, 0) is 26.3 Å². The monoisotopic (exact) mass is 603 g/mol. The Kier molecular flexibility index (Phi) is 7.55. The molecule has 15 heteroatoms. The molecule has 2 N–H and O–H groups in total. The standard InChI is InChI=1S/C28H36F3N9O3/c1-16-13-38(14-17(2)43-16)26-34-11-18(12-35-26)40-23-21(27(24(40)41)8-4-5-9-27)22(33-3)36-20(37-23)15-42-25(32)39-10-6-7-19(39)28(29,30)31/h11-12,16-17,19,32H,4-10,13-15H2,1-3H3,(H,33,36,37)/t16-,17+,19-/m1/s1. The highest BCUT2D eigenvalue weighted by atomic mass is 19.4.